The van der Waals surface area contributed by atoms with Gasteiger partial charge in [-0.15, -0.1) is 0 Å². The lowest BCUT2D eigenvalue weighted by atomic mass is 9.96. The summed E-state index contributed by atoms with van der Waals surface area (Å²) in [5.74, 6) is 0.681. The normalized spacial score (nSPS) is 14.3. The van der Waals surface area contributed by atoms with Gasteiger partial charge in [-0.3, -0.25) is 0 Å². The minimum Gasteiger partial charge on any atom is -0.384 e. The van der Waals surface area contributed by atoms with Crippen molar-refractivity contribution in [2.45, 2.75) is 59.0 Å². The van der Waals surface area contributed by atoms with Gasteiger partial charge in [0.2, 0.25) is 0 Å². The van der Waals surface area contributed by atoms with E-state index in [2.05, 4.69) is 54.6 Å². The van der Waals surface area contributed by atoms with Gasteiger partial charge in [-0.25, -0.2) is 4.99 Å². The molecule has 0 saturated carbocycles. The molecule has 0 radical (unpaired) electrons. The van der Waals surface area contributed by atoms with Crippen molar-refractivity contribution >= 4 is 5.96 Å². The standard InChI is InChI=1S/C24H35N3O2/c1-6-25-22(27-18-24(5,28)21-13-8-7-9-14-21)26-16-19-11-10-12-20(15-19)17-29-23(2,3)4/h7-15,28H,6,16-18H2,1-5H3,(H2,25,26,27). The van der Waals surface area contributed by atoms with Gasteiger partial charge < -0.3 is 20.5 Å². The molecule has 5 heteroatoms. The van der Waals surface area contributed by atoms with E-state index < -0.39 is 5.60 Å². The number of nitrogens with one attached hydrogen (secondary N) is 2. The first-order valence-corrected chi connectivity index (χ1v) is 10.2. The molecule has 5 nitrogen and oxygen atoms in total. The molecule has 0 bridgehead atoms. The van der Waals surface area contributed by atoms with Gasteiger partial charge >= 0.3 is 0 Å². The smallest absolute Gasteiger partial charge is 0.191 e. The molecule has 0 aliphatic heterocycles. The second-order valence-electron chi connectivity index (χ2n) is 8.41. The Kier molecular flexibility index (Phi) is 8.23. The number of guanidine groups is 1. The molecule has 29 heavy (non-hydrogen) atoms. The lowest BCUT2D eigenvalue weighted by Gasteiger charge is -2.25. The average molecular weight is 398 g/mol. The maximum atomic E-state index is 10.8. The highest BCUT2D eigenvalue weighted by Gasteiger charge is 2.22. The fourth-order valence-corrected chi connectivity index (χ4v) is 2.78. The number of ether oxygens (including phenoxy) is 1. The molecule has 3 N–H and O–H groups in total. The topological polar surface area (TPSA) is 65.9 Å². The second kappa shape index (κ2) is 10.4. The zero-order chi connectivity index (χ0) is 21.3. The van der Waals surface area contributed by atoms with E-state index in [9.17, 15) is 5.11 Å². The zero-order valence-electron chi connectivity index (χ0n) is 18.3. The van der Waals surface area contributed by atoms with Gasteiger partial charge in [0.15, 0.2) is 5.96 Å². The Labute approximate surface area is 175 Å². The molecule has 0 saturated heterocycles. The third kappa shape index (κ3) is 8.26. The summed E-state index contributed by atoms with van der Waals surface area (Å²) in [5, 5.41) is 17.3. The molecule has 0 heterocycles. The van der Waals surface area contributed by atoms with Crippen LogP contribution in [0, 0.1) is 0 Å². The molecule has 158 valence electrons. The lowest BCUT2D eigenvalue weighted by Crippen LogP contribution is -2.44. The molecule has 0 aliphatic carbocycles. The molecule has 1 unspecified atom stereocenters. The van der Waals surface area contributed by atoms with Gasteiger partial charge in [-0.1, -0.05) is 54.6 Å². The fourth-order valence-electron chi connectivity index (χ4n) is 2.78. The van der Waals surface area contributed by atoms with Crippen molar-refractivity contribution in [3.63, 3.8) is 0 Å². The Morgan fingerprint density at radius 2 is 1.66 bits per heavy atom. The largest absolute Gasteiger partial charge is 0.384 e. The minimum absolute atomic E-state index is 0.161. The quantitative estimate of drug-likeness (QED) is 0.466. The fraction of sp³-hybridized carbons (Fsp3) is 0.458. The molecule has 2 aromatic carbocycles. The Morgan fingerprint density at radius 3 is 2.31 bits per heavy atom. The Hall–Kier alpha value is -2.37. The number of benzene rings is 2. The summed E-state index contributed by atoms with van der Waals surface area (Å²) in [5.41, 5.74) is 1.98. The van der Waals surface area contributed by atoms with Crippen molar-refractivity contribution in [1.82, 2.24) is 10.6 Å². The van der Waals surface area contributed by atoms with E-state index in [0.717, 1.165) is 23.2 Å². The molecule has 0 aromatic heterocycles. The van der Waals surface area contributed by atoms with Crippen LogP contribution in [0.15, 0.2) is 59.6 Å². The summed E-state index contributed by atoms with van der Waals surface area (Å²) < 4.78 is 5.86. The first-order chi connectivity index (χ1) is 13.7. The highest BCUT2D eigenvalue weighted by Crippen LogP contribution is 2.19. The van der Waals surface area contributed by atoms with E-state index in [1.54, 1.807) is 6.92 Å². The van der Waals surface area contributed by atoms with Crippen LogP contribution in [0.4, 0.5) is 0 Å². The molecule has 2 aromatic rings. The van der Waals surface area contributed by atoms with Crippen LogP contribution < -0.4 is 10.6 Å². The third-order valence-corrected chi connectivity index (χ3v) is 4.42. The third-order valence-electron chi connectivity index (χ3n) is 4.42. The monoisotopic (exact) mass is 397 g/mol. The van der Waals surface area contributed by atoms with Crippen LogP contribution in [-0.4, -0.2) is 29.8 Å². The van der Waals surface area contributed by atoms with Crippen LogP contribution in [0.5, 0.6) is 0 Å². The van der Waals surface area contributed by atoms with E-state index in [0.29, 0.717) is 25.7 Å². The zero-order valence-corrected chi connectivity index (χ0v) is 18.3. The Morgan fingerprint density at radius 1 is 0.966 bits per heavy atom. The van der Waals surface area contributed by atoms with Crippen molar-refractivity contribution < 1.29 is 9.84 Å². The van der Waals surface area contributed by atoms with Gasteiger partial charge in [-0.05, 0) is 51.3 Å². The van der Waals surface area contributed by atoms with E-state index >= 15 is 0 Å². The number of aliphatic hydroxyl groups is 1. The summed E-state index contributed by atoms with van der Waals surface area (Å²) in [6.45, 7) is 12.2. The van der Waals surface area contributed by atoms with Crippen LogP contribution >= 0.6 is 0 Å². The van der Waals surface area contributed by atoms with Crippen molar-refractivity contribution in [1.29, 1.82) is 0 Å². The predicted octanol–water partition coefficient (Wildman–Crippen LogP) is 3.96. The molecule has 0 spiro atoms. The second-order valence-corrected chi connectivity index (χ2v) is 8.41. The molecular weight excluding hydrogens is 362 g/mol. The van der Waals surface area contributed by atoms with E-state index in [1.165, 1.54) is 0 Å². The SMILES string of the molecule is CCNC(=NCc1cccc(COC(C)(C)C)c1)NCC(C)(O)c1ccccc1. The summed E-state index contributed by atoms with van der Waals surface area (Å²) in [4.78, 5) is 4.67. The molecule has 0 amide bonds. The first kappa shape index (κ1) is 22.9. The molecule has 0 aliphatic rings. The minimum atomic E-state index is -0.984. The predicted molar refractivity (Wildman–Crippen MR) is 120 cm³/mol. The number of rotatable bonds is 8. The summed E-state index contributed by atoms with van der Waals surface area (Å²) >= 11 is 0. The maximum Gasteiger partial charge on any atom is 0.191 e. The molecule has 0 fully saturated rings. The molecule has 2 rings (SSSR count). The number of hydrogen-bond donors (Lipinski definition) is 3. The number of hydrogen-bond acceptors (Lipinski definition) is 3. The van der Waals surface area contributed by atoms with Gasteiger partial charge in [0.05, 0.1) is 25.3 Å². The number of aliphatic imine (C=N–C) groups is 1. The van der Waals surface area contributed by atoms with E-state index in [4.69, 9.17) is 4.74 Å². The van der Waals surface area contributed by atoms with Gasteiger partial charge in [0, 0.05) is 6.54 Å². The highest BCUT2D eigenvalue weighted by molar-refractivity contribution is 5.79. The van der Waals surface area contributed by atoms with Gasteiger partial charge in [0.25, 0.3) is 0 Å². The summed E-state index contributed by atoms with van der Waals surface area (Å²) in [6.07, 6.45) is 0. The van der Waals surface area contributed by atoms with Crippen molar-refractivity contribution in [3.05, 3.63) is 71.3 Å². The maximum absolute atomic E-state index is 10.8. The van der Waals surface area contributed by atoms with Crippen LogP contribution in [0.2, 0.25) is 0 Å². The highest BCUT2D eigenvalue weighted by atomic mass is 16.5. The van der Waals surface area contributed by atoms with Crippen molar-refractivity contribution in [3.8, 4) is 0 Å². The van der Waals surface area contributed by atoms with Crippen molar-refractivity contribution in [2.24, 2.45) is 4.99 Å². The molecular formula is C24H35N3O2. The van der Waals surface area contributed by atoms with E-state index in [-0.39, 0.29) is 5.60 Å². The van der Waals surface area contributed by atoms with E-state index in [1.807, 2.05) is 43.3 Å². The van der Waals surface area contributed by atoms with Gasteiger partial charge in [-0.2, -0.15) is 0 Å². The Balaban J connectivity index is 2.00. The van der Waals surface area contributed by atoms with Crippen molar-refractivity contribution in [2.75, 3.05) is 13.1 Å². The van der Waals surface area contributed by atoms with Crippen LogP contribution in [0.25, 0.3) is 0 Å². The van der Waals surface area contributed by atoms with Crippen LogP contribution in [0.3, 0.4) is 0 Å². The summed E-state index contributed by atoms with van der Waals surface area (Å²) in [6, 6.07) is 17.9. The van der Waals surface area contributed by atoms with Crippen LogP contribution in [-0.2, 0) is 23.5 Å². The molecule has 1 atom stereocenters. The first-order valence-electron chi connectivity index (χ1n) is 10.2. The Bertz CT molecular complexity index is 780. The van der Waals surface area contributed by atoms with Crippen LogP contribution in [0.1, 0.15) is 51.3 Å². The summed E-state index contributed by atoms with van der Waals surface area (Å²) in [7, 11) is 0. The average Bonchev–Trinajstić information content (AvgIpc) is 2.69. The van der Waals surface area contributed by atoms with Gasteiger partial charge in [0.1, 0.15) is 5.60 Å². The number of nitrogens with zero attached hydrogens (tertiary/aromatic N) is 1. The lowest BCUT2D eigenvalue weighted by molar-refractivity contribution is -0.0149.